The van der Waals surface area contributed by atoms with Gasteiger partial charge in [-0.2, -0.15) is 0 Å². The molecule has 0 saturated carbocycles. The van der Waals surface area contributed by atoms with Gasteiger partial charge in [0.15, 0.2) is 0 Å². The van der Waals surface area contributed by atoms with Gasteiger partial charge < -0.3 is 11.5 Å². The Kier molecular flexibility index (Phi) is 3.46. The largest absolute Gasteiger partial charge is 0.399 e. The maximum Gasteiger partial charge on any atom is 0.0429 e. The quantitative estimate of drug-likeness (QED) is 0.814. The second kappa shape index (κ2) is 4.86. The smallest absolute Gasteiger partial charge is 0.0429 e. The summed E-state index contributed by atoms with van der Waals surface area (Å²) in [6.45, 7) is 0. The van der Waals surface area contributed by atoms with Crippen molar-refractivity contribution in [2.45, 2.75) is 6.42 Å². The van der Waals surface area contributed by atoms with Crippen molar-refractivity contribution >= 4 is 34.6 Å². The summed E-state index contributed by atoms with van der Waals surface area (Å²) in [5.74, 6) is 0. The second-order valence-electron chi connectivity index (χ2n) is 3.91. The Morgan fingerprint density at radius 1 is 0.882 bits per heavy atom. The van der Waals surface area contributed by atoms with Gasteiger partial charge in [0, 0.05) is 21.4 Å². The summed E-state index contributed by atoms with van der Waals surface area (Å²) in [4.78, 5) is 0. The number of hydrogen-bond donors (Lipinski definition) is 2. The first-order valence-corrected chi connectivity index (χ1v) is 5.89. The normalized spacial score (nSPS) is 10.5. The Morgan fingerprint density at radius 3 is 2.35 bits per heavy atom. The second-order valence-corrected chi connectivity index (χ2v) is 4.79. The first-order valence-electron chi connectivity index (χ1n) is 5.13. The van der Waals surface area contributed by atoms with Crippen molar-refractivity contribution in [3.63, 3.8) is 0 Å². The van der Waals surface area contributed by atoms with Gasteiger partial charge in [-0.1, -0.05) is 23.2 Å². The highest BCUT2D eigenvalue weighted by atomic mass is 35.5. The van der Waals surface area contributed by atoms with Gasteiger partial charge in [0.1, 0.15) is 0 Å². The van der Waals surface area contributed by atoms with Crippen LogP contribution in [0.25, 0.3) is 0 Å². The Hall–Kier alpha value is -1.38. The molecule has 2 nitrogen and oxygen atoms in total. The minimum atomic E-state index is 0.626. The van der Waals surface area contributed by atoms with E-state index in [0.29, 0.717) is 27.8 Å². The van der Waals surface area contributed by atoms with Gasteiger partial charge in [0.05, 0.1) is 0 Å². The maximum absolute atomic E-state index is 5.95. The number of nitrogens with two attached hydrogens (primary N) is 2. The minimum absolute atomic E-state index is 0.626. The van der Waals surface area contributed by atoms with Crippen molar-refractivity contribution in [1.82, 2.24) is 0 Å². The first-order chi connectivity index (χ1) is 8.04. The molecule has 0 spiro atoms. The molecule has 0 saturated heterocycles. The Bertz CT molecular complexity index is 533. The van der Waals surface area contributed by atoms with Crippen LogP contribution in [-0.2, 0) is 6.42 Å². The molecule has 0 heterocycles. The van der Waals surface area contributed by atoms with Crippen LogP contribution in [0.4, 0.5) is 11.4 Å². The number of hydrogen-bond acceptors (Lipinski definition) is 2. The van der Waals surface area contributed by atoms with E-state index in [2.05, 4.69) is 0 Å². The van der Waals surface area contributed by atoms with Gasteiger partial charge in [-0.25, -0.2) is 0 Å². The summed E-state index contributed by atoms with van der Waals surface area (Å²) < 4.78 is 0. The molecule has 0 bridgehead atoms. The summed E-state index contributed by atoms with van der Waals surface area (Å²) in [5, 5.41) is 1.30. The van der Waals surface area contributed by atoms with Crippen LogP contribution in [0, 0.1) is 0 Å². The van der Waals surface area contributed by atoms with Crippen LogP contribution in [0.5, 0.6) is 0 Å². The zero-order valence-electron chi connectivity index (χ0n) is 9.08. The minimum Gasteiger partial charge on any atom is -0.399 e. The molecule has 88 valence electrons. The van der Waals surface area contributed by atoms with Gasteiger partial charge in [-0.05, 0) is 53.9 Å². The van der Waals surface area contributed by atoms with E-state index in [4.69, 9.17) is 34.7 Å². The highest BCUT2D eigenvalue weighted by Crippen LogP contribution is 2.24. The van der Waals surface area contributed by atoms with Crippen molar-refractivity contribution in [3.05, 3.63) is 57.6 Å². The molecule has 0 atom stereocenters. The zero-order chi connectivity index (χ0) is 12.4. The molecule has 0 unspecified atom stereocenters. The van der Waals surface area contributed by atoms with Gasteiger partial charge in [-0.3, -0.25) is 0 Å². The number of anilines is 2. The van der Waals surface area contributed by atoms with Crippen molar-refractivity contribution in [3.8, 4) is 0 Å². The number of rotatable bonds is 2. The molecule has 0 aromatic heterocycles. The summed E-state index contributed by atoms with van der Waals surface area (Å²) in [7, 11) is 0. The van der Waals surface area contributed by atoms with Crippen LogP contribution < -0.4 is 11.5 Å². The molecule has 0 aliphatic rings. The lowest BCUT2D eigenvalue weighted by molar-refractivity contribution is 1.20. The fourth-order valence-electron chi connectivity index (χ4n) is 1.72. The monoisotopic (exact) mass is 266 g/mol. The summed E-state index contributed by atoms with van der Waals surface area (Å²) in [5.41, 5.74) is 15.0. The maximum atomic E-state index is 5.95. The predicted molar refractivity (Wildman–Crippen MR) is 74.5 cm³/mol. The molecule has 0 amide bonds. The van der Waals surface area contributed by atoms with Crippen molar-refractivity contribution < 1.29 is 0 Å². The average molecular weight is 267 g/mol. The highest BCUT2D eigenvalue weighted by Gasteiger charge is 2.04. The molecule has 0 radical (unpaired) electrons. The van der Waals surface area contributed by atoms with E-state index in [9.17, 15) is 0 Å². The third-order valence-electron chi connectivity index (χ3n) is 2.48. The molecule has 0 aliphatic heterocycles. The third kappa shape index (κ3) is 3.05. The molecule has 0 fully saturated rings. The van der Waals surface area contributed by atoms with Gasteiger partial charge in [0.25, 0.3) is 0 Å². The van der Waals surface area contributed by atoms with Crippen molar-refractivity contribution in [2.75, 3.05) is 11.5 Å². The van der Waals surface area contributed by atoms with Crippen LogP contribution in [0.2, 0.25) is 10.0 Å². The van der Waals surface area contributed by atoms with Crippen LogP contribution in [0.15, 0.2) is 36.4 Å². The molecule has 2 rings (SSSR count). The van der Waals surface area contributed by atoms with Gasteiger partial charge >= 0.3 is 0 Å². The fourth-order valence-corrected chi connectivity index (χ4v) is 2.19. The van der Waals surface area contributed by atoms with Crippen molar-refractivity contribution in [1.29, 1.82) is 0 Å². The molecule has 17 heavy (non-hydrogen) atoms. The molecular weight excluding hydrogens is 255 g/mol. The third-order valence-corrected chi connectivity index (χ3v) is 2.93. The lowest BCUT2D eigenvalue weighted by Gasteiger charge is -2.07. The van der Waals surface area contributed by atoms with E-state index >= 15 is 0 Å². The van der Waals surface area contributed by atoms with Crippen LogP contribution in [-0.4, -0.2) is 0 Å². The van der Waals surface area contributed by atoms with E-state index in [-0.39, 0.29) is 0 Å². The standard InChI is InChI=1S/C13H12Cl2N2/c14-10-1-2-13(17)9(6-10)3-8-4-11(15)7-12(16)5-8/h1-2,4-7H,3,16-17H2. The van der Waals surface area contributed by atoms with E-state index in [1.165, 1.54) is 0 Å². The zero-order valence-corrected chi connectivity index (χ0v) is 10.6. The Labute approximate surface area is 110 Å². The Balaban J connectivity index is 2.34. The van der Waals surface area contributed by atoms with E-state index < -0.39 is 0 Å². The van der Waals surface area contributed by atoms with Crippen molar-refractivity contribution in [2.24, 2.45) is 0 Å². The molecule has 4 heteroatoms. The number of halogens is 2. The van der Waals surface area contributed by atoms with E-state index in [1.54, 1.807) is 18.2 Å². The molecule has 2 aromatic carbocycles. The molecule has 4 N–H and O–H groups in total. The summed E-state index contributed by atoms with van der Waals surface area (Å²) in [6.07, 6.45) is 0.664. The van der Waals surface area contributed by atoms with Crippen LogP contribution in [0.1, 0.15) is 11.1 Å². The van der Waals surface area contributed by atoms with Crippen LogP contribution >= 0.6 is 23.2 Å². The molecular formula is C13H12Cl2N2. The fraction of sp³-hybridized carbons (Fsp3) is 0.0769. The number of benzene rings is 2. The lowest BCUT2D eigenvalue weighted by Crippen LogP contribution is -1.96. The van der Waals surface area contributed by atoms with E-state index in [0.717, 1.165) is 11.1 Å². The SMILES string of the molecule is Nc1cc(Cl)cc(Cc2cc(Cl)ccc2N)c1. The van der Waals surface area contributed by atoms with Gasteiger partial charge in [-0.15, -0.1) is 0 Å². The number of nitrogen functional groups attached to an aromatic ring is 2. The summed E-state index contributed by atoms with van der Waals surface area (Å²) in [6, 6.07) is 10.9. The van der Waals surface area contributed by atoms with Gasteiger partial charge in [0.2, 0.25) is 0 Å². The Morgan fingerprint density at radius 2 is 1.65 bits per heavy atom. The average Bonchev–Trinajstić information content (AvgIpc) is 2.22. The first kappa shape index (κ1) is 12.1. The topological polar surface area (TPSA) is 52.0 Å². The predicted octanol–water partition coefficient (Wildman–Crippen LogP) is 3.75. The lowest BCUT2D eigenvalue weighted by atomic mass is 10.0. The molecule has 2 aromatic rings. The van der Waals surface area contributed by atoms with E-state index in [1.807, 2.05) is 18.2 Å². The summed E-state index contributed by atoms with van der Waals surface area (Å²) >= 11 is 11.9. The molecule has 0 aliphatic carbocycles. The van der Waals surface area contributed by atoms with Crippen LogP contribution in [0.3, 0.4) is 0 Å². The highest BCUT2D eigenvalue weighted by molar-refractivity contribution is 6.31.